The molecule has 1 aromatic carbocycles. The van der Waals surface area contributed by atoms with Crippen LogP contribution in [0.5, 0.6) is 0 Å². The first kappa shape index (κ1) is 7.67. The van der Waals surface area contributed by atoms with E-state index in [4.69, 9.17) is 6.57 Å². The molecule has 0 aliphatic heterocycles. The second-order valence-corrected chi connectivity index (χ2v) is 2.15. The molecule has 0 N–H and O–H groups in total. The van der Waals surface area contributed by atoms with E-state index >= 15 is 0 Å². The van der Waals surface area contributed by atoms with Crippen molar-refractivity contribution in [2.45, 2.75) is 6.92 Å². The largest absolute Gasteiger partial charge is 0.238 e. The fourth-order valence-corrected chi connectivity index (χ4v) is 0.696. The van der Waals surface area contributed by atoms with Crippen molar-refractivity contribution in [1.29, 1.82) is 0 Å². The van der Waals surface area contributed by atoms with Crippen molar-refractivity contribution in [3.05, 3.63) is 40.7 Å². The lowest BCUT2D eigenvalue weighted by molar-refractivity contribution is 0.569. The van der Waals surface area contributed by atoms with Crippen LogP contribution in [0.4, 0.5) is 14.5 Å². The molecule has 1 rings (SSSR count). The lowest BCUT2D eigenvalue weighted by Gasteiger charge is -1.97. The van der Waals surface area contributed by atoms with E-state index in [2.05, 4.69) is 4.85 Å². The molecular formula is C8H5F2N. The van der Waals surface area contributed by atoms with Crippen LogP contribution in [0.25, 0.3) is 4.85 Å². The van der Waals surface area contributed by atoms with Gasteiger partial charge in [-0.3, -0.25) is 0 Å². The van der Waals surface area contributed by atoms with Gasteiger partial charge in [-0.15, -0.1) is 0 Å². The highest BCUT2D eigenvalue weighted by Gasteiger charge is 2.05. The van der Waals surface area contributed by atoms with Gasteiger partial charge in [0.2, 0.25) is 0 Å². The minimum absolute atomic E-state index is 0.00870. The van der Waals surface area contributed by atoms with E-state index in [1.54, 1.807) is 0 Å². The van der Waals surface area contributed by atoms with Gasteiger partial charge >= 0.3 is 0 Å². The van der Waals surface area contributed by atoms with Crippen LogP contribution in [-0.4, -0.2) is 0 Å². The van der Waals surface area contributed by atoms with Crippen LogP contribution in [0.2, 0.25) is 0 Å². The second-order valence-electron chi connectivity index (χ2n) is 2.15. The normalized spacial score (nSPS) is 9.27. The number of nitrogens with zero attached hydrogens (tertiary/aromatic N) is 1. The first-order valence-electron chi connectivity index (χ1n) is 2.98. The Morgan fingerprint density at radius 1 is 1.27 bits per heavy atom. The van der Waals surface area contributed by atoms with Gasteiger partial charge in [0.05, 0.1) is 6.57 Å². The topological polar surface area (TPSA) is 4.36 Å². The lowest BCUT2D eigenvalue weighted by atomic mass is 10.2. The van der Waals surface area contributed by atoms with Crippen LogP contribution in [0.3, 0.4) is 0 Å². The summed E-state index contributed by atoms with van der Waals surface area (Å²) in [7, 11) is 0. The van der Waals surface area contributed by atoms with E-state index in [-0.39, 0.29) is 11.3 Å². The van der Waals surface area contributed by atoms with E-state index in [0.717, 1.165) is 12.1 Å². The molecule has 0 unspecified atom stereocenters. The summed E-state index contributed by atoms with van der Waals surface area (Å²) in [5.74, 6) is -1.34. The summed E-state index contributed by atoms with van der Waals surface area (Å²) < 4.78 is 25.3. The second kappa shape index (κ2) is 2.67. The van der Waals surface area contributed by atoms with Crippen LogP contribution in [0.15, 0.2) is 12.1 Å². The van der Waals surface area contributed by atoms with Crippen molar-refractivity contribution in [2.75, 3.05) is 0 Å². The fourth-order valence-electron chi connectivity index (χ4n) is 0.696. The standard InChI is InChI=1S/C8H5F2N/c1-5-7(9)3-6(11-2)4-8(5)10/h3-4H,1H3. The number of hydrogen-bond acceptors (Lipinski definition) is 0. The summed E-state index contributed by atoms with van der Waals surface area (Å²) in [6.07, 6.45) is 0. The summed E-state index contributed by atoms with van der Waals surface area (Å²) in [5.41, 5.74) is -0.0528. The van der Waals surface area contributed by atoms with Gasteiger partial charge in [-0.05, 0) is 19.1 Å². The molecule has 0 heterocycles. The zero-order valence-electron chi connectivity index (χ0n) is 5.86. The van der Waals surface area contributed by atoms with Crippen LogP contribution in [-0.2, 0) is 0 Å². The van der Waals surface area contributed by atoms with Crippen LogP contribution in [0, 0.1) is 25.1 Å². The molecule has 0 radical (unpaired) electrons. The third-order valence-electron chi connectivity index (χ3n) is 1.39. The average Bonchev–Trinajstić information content (AvgIpc) is 1.99. The van der Waals surface area contributed by atoms with Gasteiger partial charge < -0.3 is 0 Å². The minimum atomic E-state index is -0.670. The maximum absolute atomic E-state index is 12.6. The molecule has 0 saturated heterocycles. The van der Waals surface area contributed by atoms with E-state index in [1.807, 2.05) is 0 Å². The van der Waals surface area contributed by atoms with Crippen molar-refractivity contribution >= 4 is 5.69 Å². The highest BCUT2D eigenvalue weighted by molar-refractivity contribution is 5.46. The van der Waals surface area contributed by atoms with Crippen LogP contribution in [0.1, 0.15) is 5.56 Å². The van der Waals surface area contributed by atoms with Crippen molar-refractivity contribution in [2.24, 2.45) is 0 Å². The SMILES string of the molecule is [C-]#[N+]c1cc(F)c(C)c(F)c1. The zero-order chi connectivity index (χ0) is 8.43. The fraction of sp³-hybridized carbons (Fsp3) is 0.125. The van der Waals surface area contributed by atoms with Crippen molar-refractivity contribution < 1.29 is 8.78 Å². The Labute approximate surface area is 63.1 Å². The molecule has 0 bridgehead atoms. The average molecular weight is 153 g/mol. The van der Waals surface area contributed by atoms with Crippen LogP contribution >= 0.6 is 0 Å². The van der Waals surface area contributed by atoms with Gasteiger partial charge in [0.25, 0.3) is 0 Å². The maximum Gasteiger partial charge on any atom is 0.193 e. The summed E-state index contributed by atoms with van der Waals surface area (Å²) in [6.45, 7) is 7.83. The summed E-state index contributed by atoms with van der Waals surface area (Å²) in [4.78, 5) is 2.90. The summed E-state index contributed by atoms with van der Waals surface area (Å²) >= 11 is 0. The lowest BCUT2D eigenvalue weighted by Crippen LogP contribution is -1.86. The molecule has 1 nitrogen and oxygen atoms in total. The number of halogens is 2. The number of rotatable bonds is 0. The van der Waals surface area contributed by atoms with Gasteiger partial charge in [-0.25, -0.2) is 13.6 Å². The Bertz CT molecular complexity index is 302. The molecule has 0 fully saturated rings. The zero-order valence-corrected chi connectivity index (χ0v) is 5.86. The molecule has 56 valence electrons. The highest BCUT2D eigenvalue weighted by Crippen LogP contribution is 2.19. The summed E-state index contributed by atoms with van der Waals surface area (Å²) in [5, 5.41) is 0. The predicted molar refractivity (Wildman–Crippen MR) is 37.4 cm³/mol. The number of hydrogen-bond donors (Lipinski definition) is 0. The molecule has 0 aliphatic rings. The maximum atomic E-state index is 12.6. The van der Waals surface area contributed by atoms with E-state index in [0.29, 0.717) is 0 Å². The predicted octanol–water partition coefficient (Wildman–Crippen LogP) is 2.82. The van der Waals surface area contributed by atoms with Gasteiger partial charge in [-0.2, -0.15) is 0 Å². The molecule has 1 aromatic rings. The Morgan fingerprint density at radius 3 is 2.09 bits per heavy atom. The Hall–Kier alpha value is -1.43. The van der Waals surface area contributed by atoms with Gasteiger partial charge in [0.15, 0.2) is 5.69 Å². The molecule has 0 atom stereocenters. The Balaban J connectivity index is 3.35. The van der Waals surface area contributed by atoms with Crippen molar-refractivity contribution in [3.8, 4) is 0 Å². The third-order valence-corrected chi connectivity index (χ3v) is 1.39. The number of benzene rings is 1. The quantitative estimate of drug-likeness (QED) is 0.505. The molecule has 0 saturated carbocycles. The monoisotopic (exact) mass is 153 g/mol. The van der Waals surface area contributed by atoms with Gasteiger partial charge in [0.1, 0.15) is 11.6 Å². The van der Waals surface area contributed by atoms with E-state index < -0.39 is 11.6 Å². The van der Waals surface area contributed by atoms with Gasteiger partial charge in [0, 0.05) is 5.56 Å². The first-order chi connectivity index (χ1) is 5.15. The Kier molecular flexibility index (Phi) is 1.86. The molecule has 0 amide bonds. The van der Waals surface area contributed by atoms with Crippen LogP contribution < -0.4 is 0 Å². The van der Waals surface area contributed by atoms with E-state index in [1.165, 1.54) is 6.92 Å². The van der Waals surface area contributed by atoms with Gasteiger partial charge in [-0.1, -0.05) is 0 Å². The summed E-state index contributed by atoms with van der Waals surface area (Å²) in [6, 6.07) is 2.04. The third kappa shape index (κ3) is 1.35. The smallest absolute Gasteiger partial charge is 0.193 e. The van der Waals surface area contributed by atoms with Crippen molar-refractivity contribution in [1.82, 2.24) is 0 Å². The molecule has 3 heteroatoms. The molecule has 0 spiro atoms. The molecule has 11 heavy (non-hydrogen) atoms. The minimum Gasteiger partial charge on any atom is -0.238 e. The molecular weight excluding hydrogens is 148 g/mol. The molecule has 0 aliphatic carbocycles. The van der Waals surface area contributed by atoms with E-state index in [9.17, 15) is 8.78 Å². The first-order valence-corrected chi connectivity index (χ1v) is 2.98. The highest BCUT2D eigenvalue weighted by atomic mass is 19.1. The Morgan fingerprint density at radius 2 is 1.73 bits per heavy atom. The molecule has 0 aromatic heterocycles. The van der Waals surface area contributed by atoms with Crippen molar-refractivity contribution in [3.63, 3.8) is 0 Å².